The van der Waals surface area contributed by atoms with Crippen LogP contribution in [0.25, 0.3) is 0 Å². The van der Waals surface area contributed by atoms with Crippen molar-refractivity contribution < 1.29 is 13.9 Å². The van der Waals surface area contributed by atoms with E-state index in [-0.39, 0.29) is 0 Å². The third kappa shape index (κ3) is 1.94. The Bertz CT molecular complexity index is 544. The molecular weight excluding hydrogens is 253 g/mol. The van der Waals surface area contributed by atoms with Crippen LogP contribution in [-0.2, 0) is 9.09 Å². The Morgan fingerprint density at radius 2 is 1.83 bits per heavy atom. The summed E-state index contributed by atoms with van der Waals surface area (Å²) in [5.74, 6) is 0.351. The van der Waals surface area contributed by atoms with Gasteiger partial charge in [0.05, 0.1) is 0 Å². The number of hydrogen-bond donors (Lipinski definition) is 0. The van der Waals surface area contributed by atoms with Gasteiger partial charge < -0.3 is 0 Å². The van der Waals surface area contributed by atoms with Crippen LogP contribution in [0, 0.1) is 0 Å². The van der Waals surface area contributed by atoms with Crippen molar-refractivity contribution in [2.45, 2.75) is 0 Å². The van der Waals surface area contributed by atoms with Gasteiger partial charge in [0.1, 0.15) is 5.84 Å². The Hall–Kier alpha value is -1.65. The van der Waals surface area contributed by atoms with Gasteiger partial charge in [0.15, 0.2) is 0 Å². The van der Waals surface area contributed by atoms with Crippen molar-refractivity contribution in [1.82, 2.24) is 9.57 Å². The highest BCUT2D eigenvalue weighted by Gasteiger charge is 2.40. The molecule has 1 atom stereocenters. The summed E-state index contributed by atoms with van der Waals surface area (Å²) in [6.45, 7) is 0. The van der Waals surface area contributed by atoms with Crippen LogP contribution in [0.15, 0.2) is 35.1 Å². The van der Waals surface area contributed by atoms with Crippen LogP contribution in [0.3, 0.4) is 0 Å². The molecule has 0 saturated heterocycles. The molecule has 1 heterocycles. The number of carbonyl (C=O) groups excluding carboxylic acids is 1. The van der Waals surface area contributed by atoms with Crippen molar-refractivity contribution in [1.29, 1.82) is 0 Å². The van der Waals surface area contributed by atoms with Gasteiger partial charge >= 0.3 is 13.7 Å². The largest absolute Gasteiger partial charge is 0.420 e. The zero-order chi connectivity index (χ0) is 13.3. The van der Waals surface area contributed by atoms with Crippen molar-refractivity contribution in [2.24, 2.45) is 4.76 Å². The Balaban J connectivity index is 2.56. The summed E-state index contributed by atoms with van der Waals surface area (Å²) >= 11 is 0. The minimum Gasteiger partial charge on any atom is -0.299 e. The van der Waals surface area contributed by atoms with Crippen molar-refractivity contribution in [2.75, 3.05) is 21.2 Å². The van der Waals surface area contributed by atoms with E-state index in [9.17, 15) is 9.36 Å². The molecule has 1 aromatic rings. The van der Waals surface area contributed by atoms with E-state index in [1.54, 1.807) is 19.2 Å². The average molecular weight is 267 g/mol. The number of nitrogens with zero attached hydrogens (tertiary/aromatic N) is 3. The second-order valence-electron chi connectivity index (χ2n) is 3.83. The van der Waals surface area contributed by atoms with E-state index in [2.05, 4.69) is 4.76 Å². The third-order valence-corrected chi connectivity index (χ3v) is 4.60. The van der Waals surface area contributed by atoms with Crippen LogP contribution in [-0.4, -0.2) is 42.6 Å². The molecule has 0 radical (unpaired) electrons. The molecule has 0 spiro atoms. The number of urea groups is 1. The van der Waals surface area contributed by atoms with E-state index in [1.807, 2.05) is 18.2 Å². The lowest BCUT2D eigenvalue weighted by molar-refractivity contribution is 0.204. The van der Waals surface area contributed by atoms with Crippen LogP contribution in [0.4, 0.5) is 4.79 Å². The van der Waals surface area contributed by atoms with Crippen LogP contribution in [0.5, 0.6) is 0 Å². The zero-order valence-electron chi connectivity index (χ0n) is 10.4. The molecule has 0 N–H and O–H groups in total. The van der Waals surface area contributed by atoms with Gasteiger partial charge in [-0.25, -0.2) is 14.0 Å². The molecule has 1 unspecified atom stereocenters. The highest BCUT2D eigenvalue weighted by Crippen LogP contribution is 2.53. The molecule has 1 aliphatic heterocycles. The maximum absolute atomic E-state index is 12.3. The summed E-state index contributed by atoms with van der Waals surface area (Å²) in [7, 11) is 0.808. The summed E-state index contributed by atoms with van der Waals surface area (Å²) in [6, 6.07) is 8.70. The van der Waals surface area contributed by atoms with Gasteiger partial charge in [-0.1, -0.05) is 30.3 Å². The smallest absolute Gasteiger partial charge is 0.299 e. The molecule has 2 rings (SSSR count). The number of hydrogen-bond acceptors (Lipinski definition) is 3. The third-order valence-electron chi connectivity index (χ3n) is 2.75. The zero-order valence-corrected chi connectivity index (χ0v) is 11.3. The number of benzene rings is 1. The standard InChI is InChI=1S/C11H14N3O3P/c1-13-10(9-7-5-4-6-8-9)12-18(16,17-3)14(2)11(13)15/h4-8H,1-3H3. The lowest BCUT2D eigenvalue weighted by atomic mass is 10.2. The predicted octanol–water partition coefficient (Wildman–Crippen LogP) is 2.18. The summed E-state index contributed by atoms with van der Waals surface area (Å²) in [6.07, 6.45) is 0. The maximum atomic E-state index is 12.3. The molecule has 0 saturated carbocycles. The molecule has 18 heavy (non-hydrogen) atoms. The minimum atomic E-state index is -3.47. The quantitative estimate of drug-likeness (QED) is 0.771. The summed E-state index contributed by atoms with van der Waals surface area (Å²) < 4.78 is 22.4. The summed E-state index contributed by atoms with van der Waals surface area (Å²) in [5, 5.41) is 0. The van der Waals surface area contributed by atoms with Gasteiger partial charge in [-0.2, -0.15) is 4.76 Å². The molecule has 0 fully saturated rings. The van der Waals surface area contributed by atoms with Gasteiger partial charge in [-0.15, -0.1) is 0 Å². The van der Waals surface area contributed by atoms with Crippen LogP contribution >= 0.6 is 7.67 Å². The molecular formula is C11H14N3O3P. The maximum Gasteiger partial charge on any atom is 0.420 e. The fourth-order valence-electron chi connectivity index (χ4n) is 1.67. The van der Waals surface area contributed by atoms with Crippen LogP contribution in [0.1, 0.15) is 5.56 Å². The van der Waals surface area contributed by atoms with Crippen molar-refractivity contribution in [3.63, 3.8) is 0 Å². The second kappa shape index (κ2) is 4.55. The normalized spacial score (nSPS) is 24.2. The van der Waals surface area contributed by atoms with Crippen molar-refractivity contribution in [3.8, 4) is 0 Å². The lowest BCUT2D eigenvalue weighted by Crippen LogP contribution is -2.44. The number of amidine groups is 1. The Kier molecular flexibility index (Phi) is 3.24. The summed E-state index contributed by atoms with van der Waals surface area (Å²) in [5.41, 5.74) is 0.721. The second-order valence-corrected chi connectivity index (χ2v) is 5.97. The van der Waals surface area contributed by atoms with E-state index in [4.69, 9.17) is 4.52 Å². The van der Waals surface area contributed by atoms with Crippen molar-refractivity contribution >= 4 is 19.5 Å². The van der Waals surface area contributed by atoms with E-state index < -0.39 is 13.7 Å². The van der Waals surface area contributed by atoms with Gasteiger partial charge in [-0.3, -0.25) is 9.42 Å². The monoisotopic (exact) mass is 267 g/mol. The van der Waals surface area contributed by atoms with E-state index in [0.29, 0.717) is 5.84 Å². The van der Waals surface area contributed by atoms with E-state index >= 15 is 0 Å². The summed E-state index contributed by atoms with van der Waals surface area (Å²) in [4.78, 5) is 13.4. The minimum absolute atomic E-state index is 0.351. The topological polar surface area (TPSA) is 62.2 Å². The average Bonchev–Trinajstić information content (AvgIpc) is 2.41. The Morgan fingerprint density at radius 3 is 2.39 bits per heavy atom. The molecule has 1 aliphatic rings. The first-order valence-electron chi connectivity index (χ1n) is 5.33. The van der Waals surface area contributed by atoms with Gasteiger partial charge in [0, 0.05) is 26.8 Å². The van der Waals surface area contributed by atoms with Crippen LogP contribution < -0.4 is 0 Å². The first-order chi connectivity index (χ1) is 8.49. The van der Waals surface area contributed by atoms with Gasteiger partial charge in [0.2, 0.25) is 0 Å². The van der Waals surface area contributed by atoms with E-state index in [1.165, 1.54) is 19.1 Å². The SMILES string of the molecule is COP1(=O)N=C(c2ccccc2)N(C)C(=O)N1C. The van der Waals surface area contributed by atoms with Gasteiger partial charge in [0.25, 0.3) is 0 Å². The molecule has 1 aromatic carbocycles. The highest BCUT2D eigenvalue weighted by molar-refractivity contribution is 7.56. The highest BCUT2D eigenvalue weighted by atomic mass is 31.2. The van der Waals surface area contributed by atoms with Crippen molar-refractivity contribution in [3.05, 3.63) is 35.9 Å². The molecule has 0 aliphatic carbocycles. The number of rotatable bonds is 2. The fourth-order valence-corrected chi connectivity index (χ4v) is 2.97. The first kappa shape index (κ1) is 12.8. The predicted molar refractivity (Wildman–Crippen MR) is 68.5 cm³/mol. The molecule has 2 amide bonds. The molecule has 0 bridgehead atoms. The van der Waals surface area contributed by atoms with Gasteiger partial charge in [-0.05, 0) is 0 Å². The first-order valence-corrected chi connectivity index (χ1v) is 6.86. The lowest BCUT2D eigenvalue weighted by Gasteiger charge is -2.33. The van der Waals surface area contributed by atoms with E-state index in [0.717, 1.165) is 10.2 Å². The molecule has 7 heteroatoms. The molecule has 6 nitrogen and oxygen atoms in total. The molecule has 96 valence electrons. The Labute approximate surface area is 105 Å². The fraction of sp³-hybridized carbons (Fsp3) is 0.273. The van der Waals surface area contributed by atoms with Crippen LogP contribution in [0.2, 0.25) is 0 Å². The Morgan fingerprint density at radius 1 is 1.22 bits per heavy atom. The number of carbonyl (C=O) groups is 1. The molecule has 0 aromatic heterocycles. The number of amides is 2.